The van der Waals surface area contributed by atoms with E-state index in [0.717, 1.165) is 28.8 Å². The van der Waals surface area contributed by atoms with Gasteiger partial charge in [0, 0.05) is 86.1 Å². The standard InChI is InChI=1S/C36H47N5O4.C10H13N5O4/c1-36(2,3)39-35(45)31-24-40(22-26-12-9-15-37-21-26)16-17-41(31)23-29(42)19-28(18-25-10-5-4-6-11-25)34(44)38-33-30-14-8-7-13-27(30)20-32(33)43;1-5-3-15(10(18)12-9(5)17)8-2-6(13-14-11)7(4-16)19-8/h4-15,21,28-29,31-33,42-43H,16-20,22-24H2,1-3H3,(H,38,44)(H,39,45);3,6-8,16H,2,4H2,1H3,(H,12,17,18)/t28-,29+,31+,32-,33+;6-,7+,8+/m10/s1. The summed E-state index contributed by atoms with van der Waals surface area (Å²) in [6, 6.07) is 20.1. The number of aromatic amines is 1. The topological polar surface area (TPSA) is 251 Å². The molecule has 2 aromatic heterocycles. The van der Waals surface area contributed by atoms with Gasteiger partial charge >= 0.3 is 5.69 Å². The molecule has 0 bridgehead atoms. The zero-order chi connectivity index (χ0) is 46.0. The smallest absolute Gasteiger partial charge is 0.330 e. The second-order valence-electron chi connectivity index (χ2n) is 17.9. The van der Waals surface area contributed by atoms with Gasteiger partial charge in [0.25, 0.3) is 5.56 Å². The highest BCUT2D eigenvalue weighted by Crippen LogP contribution is 2.32. The Labute approximate surface area is 371 Å². The van der Waals surface area contributed by atoms with E-state index in [1.54, 1.807) is 13.1 Å². The van der Waals surface area contributed by atoms with Gasteiger partial charge in [-0.2, -0.15) is 0 Å². The third-order valence-corrected chi connectivity index (χ3v) is 11.7. The molecule has 18 heteroatoms. The van der Waals surface area contributed by atoms with Crippen molar-refractivity contribution in [2.24, 2.45) is 11.0 Å². The van der Waals surface area contributed by atoms with Crippen molar-refractivity contribution in [1.82, 2.24) is 35.0 Å². The second kappa shape index (κ2) is 21.8. The average Bonchev–Trinajstić information content (AvgIpc) is 3.82. The van der Waals surface area contributed by atoms with Crippen LogP contribution in [0.5, 0.6) is 0 Å². The third kappa shape index (κ3) is 12.7. The van der Waals surface area contributed by atoms with Crippen LogP contribution in [-0.2, 0) is 33.7 Å². The number of pyridine rings is 1. The van der Waals surface area contributed by atoms with Crippen LogP contribution in [0, 0.1) is 12.8 Å². The maximum atomic E-state index is 13.8. The van der Waals surface area contributed by atoms with Crippen LogP contribution in [0.15, 0.2) is 100 Å². The summed E-state index contributed by atoms with van der Waals surface area (Å²) in [5.41, 5.74) is 11.4. The number of aromatic nitrogens is 3. The summed E-state index contributed by atoms with van der Waals surface area (Å²) in [7, 11) is 0. The normalized spacial score (nSPS) is 23.2. The van der Waals surface area contributed by atoms with Crippen molar-refractivity contribution in [1.29, 1.82) is 0 Å². The van der Waals surface area contributed by atoms with Gasteiger partial charge < -0.3 is 30.7 Å². The number of amides is 2. The predicted octanol–water partition coefficient (Wildman–Crippen LogP) is 2.67. The van der Waals surface area contributed by atoms with Gasteiger partial charge in [-0.15, -0.1) is 0 Å². The Kier molecular flexibility index (Phi) is 16.2. The van der Waals surface area contributed by atoms with Crippen molar-refractivity contribution in [3.8, 4) is 0 Å². The van der Waals surface area contributed by atoms with E-state index in [0.29, 0.717) is 38.0 Å². The number of nitrogens with one attached hydrogen (secondary N) is 3. The van der Waals surface area contributed by atoms with Crippen molar-refractivity contribution in [2.45, 2.75) is 108 Å². The van der Waals surface area contributed by atoms with Gasteiger partial charge in [-0.25, -0.2) is 4.79 Å². The van der Waals surface area contributed by atoms with Gasteiger partial charge in [-0.05, 0) is 74.4 Å². The summed E-state index contributed by atoms with van der Waals surface area (Å²) in [6.07, 6.45) is 3.59. The zero-order valence-electron chi connectivity index (χ0n) is 36.8. The maximum absolute atomic E-state index is 13.8. The van der Waals surface area contributed by atoms with E-state index in [-0.39, 0.29) is 37.8 Å². The highest BCUT2D eigenvalue weighted by Gasteiger charge is 2.38. The number of carbonyl (C=O) groups is 2. The van der Waals surface area contributed by atoms with Crippen LogP contribution in [0.4, 0.5) is 0 Å². The van der Waals surface area contributed by atoms with E-state index in [1.807, 2.05) is 93.7 Å². The van der Waals surface area contributed by atoms with Gasteiger partial charge in [-0.1, -0.05) is 65.8 Å². The lowest BCUT2D eigenvalue weighted by atomic mass is 9.91. The number of rotatable bonds is 14. The lowest BCUT2D eigenvalue weighted by molar-refractivity contribution is -0.132. The number of β-amino-alcohol motifs (C(OH)–C–C–N with tert-alkyl or cyclic N) is 1. The van der Waals surface area contributed by atoms with E-state index >= 15 is 0 Å². The zero-order valence-corrected chi connectivity index (χ0v) is 36.8. The first-order chi connectivity index (χ1) is 30.6. The molecule has 64 heavy (non-hydrogen) atoms. The molecule has 0 saturated carbocycles. The number of aliphatic hydroxyl groups is 3. The minimum atomic E-state index is -0.833. The van der Waals surface area contributed by atoms with Crippen LogP contribution >= 0.6 is 0 Å². The number of azide groups is 1. The van der Waals surface area contributed by atoms with Crippen molar-refractivity contribution < 1.29 is 29.6 Å². The Morgan fingerprint density at radius 1 is 1.06 bits per heavy atom. The highest BCUT2D eigenvalue weighted by molar-refractivity contribution is 5.83. The molecule has 7 rings (SSSR count). The summed E-state index contributed by atoms with van der Waals surface area (Å²) < 4.78 is 6.69. The molecule has 0 unspecified atom stereocenters. The summed E-state index contributed by atoms with van der Waals surface area (Å²) in [5.74, 6) is -0.781. The van der Waals surface area contributed by atoms with Gasteiger partial charge in [0.15, 0.2) is 0 Å². The van der Waals surface area contributed by atoms with Crippen LogP contribution in [0.2, 0.25) is 0 Å². The molecule has 8 atom stereocenters. The molecule has 342 valence electrons. The summed E-state index contributed by atoms with van der Waals surface area (Å²) >= 11 is 0. The lowest BCUT2D eigenvalue weighted by Crippen LogP contribution is -2.61. The quantitative estimate of drug-likeness (QED) is 0.0610. The molecule has 4 heterocycles. The predicted molar refractivity (Wildman–Crippen MR) is 239 cm³/mol. The van der Waals surface area contributed by atoms with Crippen molar-refractivity contribution in [2.75, 3.05) is 32.8 Å². The third-order valence-electron chi connectivity index (χ3n) is 11.7. The lowest BCUT2D eigenvalue weighted by Gasteiger charge is -2.42. The minimum absolute atomic E-state index is 0.0712. The van der Waals surface area contributed by atoms with Crippen molar-refractivity contribution in [3.63, 3.8) is 0 Å². The largest absolute Gasteiger partial charge is 0.394 e. The molecule has 2 amide bonds. The fourth-order valence-electron chi connectivity index (χ4n) is 8.60. The number of benzene rings is 2. The van der Waals surface area contributed by atoms with E-state index in [2.05, 4.69) is 40.4 Å². The number of hydrogen-bond acceptors (Lipinski definition) is 12. The Morgan fingerprint density at radius 3 is 2.50 bits per heavy atom. The van der Waals surface area contributed by atoms with Crippen LogP contribution in [-0.4, -0.2) is 120 Å². The molecule has 2 aliphatic heterocycles. The van der Waals surface area contributed by atoms with Crippen LogP contribution in [0.1, 0.15) is 73.7 Å². The van der Waals surface area contributed by atoms with E-state index in [1.165, 1.54) is 10.8 Å². The summed E-state index contributed by atoms with van der Waals surface area (Å²) in [6.45, 7) is 10.0. The number of nitrogens with zero attached hydrogens (tertiary/aromatic N) is 7. The number of hydrogen-bond donors (Lipinski definition) is 6. The number of H-pyrrole nitrogens is 1. The number of carbonyl (C=O) groups excluding carboxylic acids is 2. The Bertz CT molecular complexity index is 2350. The van der Waals surface area contributed by atoms with Crippen LogP contribution < -0.4 is 21.9 Å². The SMILES string of the molecule is CC(C)(C)NC(=O)[C@@H]1CN(Cc2cccnc2)CCN1C[C@@H](O)C[C@@H](Cc1ccccc1)C(=O)N[C@H]1c2ccccc2C[C@H]1O.Cc1cn([C@H]2C[C@H](N=[N+]=[N-])[C@@H](CO)O2)c(=O)[nH]c1=O. The van der Waals surface area contributed by atoms with E-state index < -0.39 is 65.4 Å². The second-order valence-corrected chi connectivity index (χ2v) is 17.9. The molecular weight excluding hydrogens is 821 g/mol. The molecule has 6 N–H and O–H groups in total. The number of aryl methyl sites for hydroxylation is 1. The minimum Gasteiger partial charge on any atom is -0.394 e. The van der Waals surface area contributed by atoms with Gasteiger partial charge in [0.1, 0.15) is 12.3 Å². The molecule has 0 radical (unpaired) electrons. The molecule has 18 nitrogen and oxygen atoms in total. The highest BCUT2D eigenvalue weighted by atomic mass is 16.5. The monoisotopic (exact) mass is 880 g/mol. The number of piperazine rings is 1. The Morgan fingerprint density at radius 2 is 1.80 bits per heavy atom. The van der Waals surface area contributed by atoms with Crippen LogP contribution in [0.25, 0.3) is 10.4 Å². The first-order valence-corrected chi connectivity index (χ1v) is 21.7. The van der Waals surface area contributed by atoms with Crippen LogP contribution in [0.3, 0.4) is 0 Å². The van der Waals surface area contributed by atoms with Gasteiger partial charge in [0.2, 0.25) is 11.8 Å². The number of aliphatic hydroxyl groups excluding tert-OH is 3. The fourth-order valence-corrected chi connectivity index (χ4v) is 8.60. The molecule has 1 aliphatic carbocycles. The maximum Gasteiger partial charge on any atom is 0.330 e. The Hall–Kier alpha value is -5.72. The first kappa shape index (κ1) is 47.8. The summed E-state index contributed by atoms with van der Waals surface area (Å²) in [5, 5.41) is 41.2. The van der Waals surface area contributed by atoms with Crippen molar-refractivity contribution >= 4 is 11.8 Å². The average molecular weight is 881 g/mol. The number of ether oxygens (including phenoxy) is 1. The molecule has 0 spiro atoms. The molecule has 2 aromatic carbocycles. The molecule has 3 aliphatic rings. The van der Waals surface area contributed by atoms with E-state index in [4.69, 9.17) is 15.4 Å². The molecule has 2 fully saturated rings. The summed E-state index contributed by atoms with van der Waals surface area (Å²) in [4.78, 5) is 63.7. The van der Waals surface area contributed by atoms with Crippen molar-refractivity contribution in [3.05, 3.63) is 144 Å². The molecular formula is C46H60N10O8. The number of fused-ring (bicyclic) bond motifs is 1. The Balaban J connectivity index is 0.000000298. The molecule has 4 aromatic rings. The van der Waals surface area contributed by atoms with E-state index in [9.17, 15) is 29.4 Å². The fraction of sp³-hybridized carbons (Fsp3) is 0.500. The van der Waals surface area contributed by atoms with Gasteiger partial charge in [0.05, 0.1) is 37.0 Å². The molecule has 2 saturated heterocycles. The van der Waals surface area contributed by atoms with Gasteiger partial charge in [-0.3, -0.25) is 38.7 Å². The first-order valence-electron chi connectivity index (χ1n) is 21.7.